The lowest BCUT2D eigenvalue weighted by atomic mass is 9.95. The van der Waals surface area contributed by atoms with E-state index in [1.54, 1.807) is 0 Å². The smallest absolute Gasteiger partial charge is 0.00666 e. The van der Waals surface area contributed by atoms with E-state index in [9.17, 15) is 0 Å². The van der Waals surface area contributed by atoms with E-state index in [0.29, 0.717) is 5.92 Å². The van der Waals surface area contributed by atoms with Crippen LogP contribution in [0.15, 0.2) is 42.0 Å². The molecular weight excluding hydrogens is 180 g/mol. The molecule has 1 aromatic rings. The maximum absolute atomic E-state index is 2.36. The van der Waals surface area contributed by atoms with E-state index in [0.717, 1.165) is 6.42 Å². The van der Waals surface area contributed by atoms with Gasteiger partial charge in [-0.3, -0.25) is 0 Å². The van der Waals surface area contributed by atoms with Crippen LogP contribution in [0.1, 0.15) is 31.9 Å². The van der Waals surface area contributed by atoms with Gasteiger partial charge >= 0.3 is 0 Å². The minimum Gasteiger partial charge on any atom is -0.0743 e. The van der Waals surface area contributed by atoms with Crippen LogP contribution in [-0.2, 0) is 6.42 Å². The largest absolute Gasteiger partial charge is 0.0743 e. The highest BCUT2D eigenvalue weighted by molar-refractivity contribution is 5.82. The Morgan fingerprint density at radius 3 is 2.47 bits per heavy atom. The van der Waals surface area contributed by atoms with Crippen molar-refractivity contribution in [2.75, 3.05) is 0 Å². The monoisotopic (exact) mass is 198 g/mol. The summed E-state index contributed by atoms with van der Waals surface area (Å²) >= 11 is 0. The Morgan fingerprint density at radius 1 is 1.13 bits per heavy atom. The zero-order valence-corrected chi connectivity index (χ0v) is 9.75. The fourth-order valence-electron chi connectivity index (χ4n) is 2.32. The molecule has 0 nitrogen and oxygen atoms in total. The number of benzene rings is 1. The van der Waals surface area contributed by atoms with Gasteiger partial charge in [-0.05, 0) is 41.5 Å². The second-order valence-electron chi connectivity index (χ2n) is 4.30. The van der Waals surface area contributed by atoms with Crippen LogP contribution in [0.3, 0.4) is 0 Å². The van der Waals surface area contributed by atoms with Crippen LogP contribution >= 0.6 is 0 Å². The van der Waals surface area contributed by atoms with Gasteiger partial charge in [0.25, 0.3) is 0 Å². The molecule has 0 aromatic heterocycles. The maximum atomic E-state index is 2.36. The zero-order chi connectivity index (χ0) is 10.8. The molecular formula is C15H18. The van der Waals surface area contributed by atoms with Crippen molar-refractivity contribution in [2.24, 2.45) is 5.92 Å². The van der Waals surface area contributed by atoms with Crippen LogP contribution in [0.5, 0.6) is 0 Å². The minimum absolute atomic E-state index is 0.588. The predicted octanol–water partition coefficient (Wildman–Crippen LogP) is 4.23. The van der Waals surface area contributed by atoms with Crippen molar-refractivity contribution in [3.8, 4) is 0 Å². The molecule has 0 heteroatoms. The van der Waals surface area contributed by atoms with Crippen LogP contribution in [0.4, 0.5) is 0 Å². The molecule has 0 heterocycles. The number of aryl methyl sites for hydroxylation is 1. The van der Waals surface area contributed by atoms with Gasteiger partial charge in [0.1, 0.15) is 0 Å². The fraction of sp³-hybridized carbons (Fsp3) is 0.333. The topological polar surface area (TPSA) is 0 Å². The predicted molar refractivity (Wildman–Crippen MR) is 66.7 cm³/mol. The van der Waals surface area contributed by atoms with Crippen molar-refractivity contribution in [2.45, 2.75) is 27.2 Å². The van der Waals surface area contributed by atoms with E-state index < -0.39 is 0 Å². The van der Waals surface area contributed by atoms with Crippen molar-refractivity contribution in [1.82, 2.24) is 0 Å². The Kier molecular flexibility index (Phi) is 2.77. The van der Waals surface area contributed by atoms with Crippen molar-refractivity contribution in [3.63, 3.8) is 0 Å². The van der Waals surface area contributed by atoms with Crippen LogP contribution in [0.2, 0.25) is 0 Å². The average molecular weight is 198 g/mol. The third-order valence-corrected chi connectivity index (χ3v) is 3.06. The quantitative estimate of drug-likeness (QED) is 0.667. The molecule has 0 N–H and O–H groups in total. The summed E-state index contributed by atoms with van der Waals surface area (Å²) in [6.07, 6.45) is 5.81. The summed E-state index contributed by atoms with van der Waals surface area (Å²) in [7, 11) is 0. The SMILES string of the molecule is CCc1ccccc1C1=CC(C)C=C1C. The minimum atomic E-state index is 0.588. The summed E-state index contributed by atoms with van der Waals surface area (Å²) in [4.78, 5) is 0. The molecule has 0 saturated carbocycles. The molecule has 1 atom stereocenters. The molecule has 1 unspecified atom stereocenters. The average Bonchev–Trinajstić information content (AvgIpc) is 2.57. The molecule has 0 bridgehead atoms. The molecule has 1 aliphatic carbocycles. The fourth-order valence-corrected chi connectivity index (χ4v) is 2.32. The molecule has 0 radical (unpaired) electrons. The molecule has 0 aliphatic heterocycles. The van der Waals surface area contributed by atoms with Crippen molar-refractivity contribution >= 4 is 5.57 Å². The van der Waals surface area contributed by atoms with Gasteiger partial charge in [0, 0.05) is 0 Å². The number of hydrogen-bond donors (Lipinski definition) is 0. The number of hydrogen-bond acceptors (Lipinski definition) is 0. The summed E-state index contributed by atoms with van der Waals surface area (Å²) in [6.45, 7) is 6.67. The van der Waals surface area contributed by atoms with Crippen LogP contribution in [0, 0.1) is 5.92 Å². The van der Waals surface area contributed by atoms with Crippen molar-refractivity contribution in [1.29, 1.82) is 0 Å². The Bertz CT molecular complexity index is 421. The standard InChI is InChI=1S/C15H18/c1-4-13-7-5-6-8-14(13)15-10-11(2)9-12(15)3/h5-11H,4H2,1-3H3. The highest BCUT2D eigenvalue weighted by Crippen LogP contribution is 2.33. The first-order chi connectivity index (χ1) is 7.22. The van der Waals surface area contributed by atoms with Gasteiger partial charge in [-0.25, -0.2) is 0 Å². The Morgan fingerprint density at radius 2 is 1.87 bits per heavy atom. The molecule has 1 aromatic carbocycles. The number of allylic oxidation sites excluding steroid dienone is 4. The third-order valence-electron chi connectivity index (χ3n) is 3.06. The van der Waals surface area contributed by atoms with E-state index in [2.05, 4.69) is 57.2 Å². The van der Waals surface area contributed by atoms with E-state index in [1.807, 2.05) is 0 Å². The summed E-state index contributed by atoms with van der Waals surface area (Å²) in [6, 6.07) is 8.72. The lowest BCUT2D eigenvalue weighted by molar-refractivity contribution is 0.955. The van der Waals surface area contributed by atoms with Gasteiger partial charge in [0.2, 0.25) is 0 Å². The normalized spacial score (nSPS) is 20.1. The van der Waals surface area contributed by atoms with E-state index >= 15 is 0 Å². The van der Waals surface area contributed by atoms with Crippen LogP contribution in [0.25, 0.3) is 5.57 Å². The van der Waals surface area contributed by atoms with Gasteiger partial charge < -0.3 is 0 Å². The second-order valence-corrected chi connectivity index (χ2v) is 4.30. The van der Waals surface area contributed by atoms with Crippen molar-refractivity contribution < 1.29 is 0 Å². The molecule has 0 spiro atoms. The Hall–Kier alpha value is -1.30. The first-order valence-electron chi connectivity index (χ1n) is 5.71. The zero-order valence-electron chi connectivity index (χ0n) is 9.75. The highest BCUT2D eigenvalue weighted by Gasteiger charge is 2.14. The first-order valence-corrected chi connectivity index (χ1v) is 5.71. The van der Waals surface area contributed by atoms with Gasteiger partial charge in [-0.15, -0.1) is 0 Å². The summed E-state index contributed by atoms with van der Waals surface area (Å²) in [5.74, 6) is 0.588. The van der Waals surface area contributed by atoms with Gasteiger partial charge in [0.05, 0.1) is 0 Å². The Labute approximate surface area is 92.3 Å². The molecule has 0 saturated heterocycles. The van der Waals surface area contributed by atoms with E-state index in [1.165, 1.54) is 22.3 Å². The molecule has 0 amide bonds. The van der Waals surface area contributed by atoms with Gasteiger partial charge in [-0.2, -0.15) is 0 Å². The summed E-state index contributed by atoms with van der Waals surface area (Å²) < 4.78 is 0. The first kappa shape index (κ1) is 10.2. The highest BCUT2D eigenvalue weighted by atomic mass is 14.2. The maximum Gasteiger partial charge on any atom is -0.00666 e. The molecule has 15 heavy (non-hydrogen) atoms. The summed E-state index contributed by atoms with van der Waals surface area (Å²) in [5.41, 5.74) is 5.71. The molecule has 78 valence electrons. The molecule has 1 aliphatic rings. The molecule has 2 rings (SSSR count). The van der Waals surface area contributed by atoms with Crippen molar-refractivity contribution in [3.05, 3.63) is 53.1 Å². The van der Waals surface area contributed by atoms with Gasteiger partial charge in [0.15, 0.2) is 0 Å². The second kappa shape index (κ2) is 4.06. The van der Waals surface area contributed by atoms with Crippen LogP contribution < -0.4 is 0 Å². The number of rotatable bonds is 2. The van der Waals surface area contributed by atoms with Gasteiger partial charge in [-0.1, -0.05) is 50.3 Å². The lowest BCUT2D eigenvalue weighted by Gasteiger charge is -2.09. The van der Waals surface area contributed by atoms with Crippen LogP contribution in [-0.4, -0.2) is 0 Å². The molecule has 0 fully saturated rings. The Balaban J connectivity index is 2.47. The lowest BCUT2D eigenvalue weighted by Crippen LogP contribution is -1.91. The van der Waals surface area contributed by atoms with E-state index in [4.69, 9.17) is 0 Å². The summed E-state index contributed by atoms with van der Waals surface area (Å²) in [5, 5.41) is 0. The third kappa shape index (κ3) is 1.90. The van der Waals surface area contributed by atoms with E-state index in [-0.39, 0.29) is 0 Å².